The number of ether oxygens (including phenoxy) is 1. The first-order valence-corrected chi connectivity index (χ1v) is 11.1. The van der Waals surface area contributed by atoms with Crippen molar-refractivity contribution in [1.29, 1.82) is 0 Å². The Bertz CT molecular complexity index is 999. The van der Waals surface area contributed by atoms with Gasteiger partial charge in [-0.25, -0.2) is 9.59 Å². The van der Waals surface area contributed by atoms with Crippen molar-refractivity contribution in [3.8, 4) is 0 Å². The maximum atomic E-state index is 12.9. The molecule has 10 nitrogen and oxygen atoms in total. The summed E-state index contributed by atoms with van der Waals surface area (Å²) in [5.41, 5.74) is 8.50. The third-order valence-electron chi connectivity index (χ3n) is 5.39. The van der Waals surface area contributed by atoms with Gasteiger partial charge in [-0.3, -0.25) is 14.7 Å². The number of allylic oxidation sites excluding steroid dienone is 1. The third-order valence-corrected chi connectivity index (χ3v) is 5.39. The van der Waals surface area contributed by atoms with Crippen LogP contribution < -0.4 is 26.2 Å². The fourth-order valence-electron chi connectivity index (χ4n) is 3.72. The summed E-state index contributed by atoms with van der Waals surface area (Å²) in [5, 5.41) is 5.33. The van der Waals surface area contributed by atoms with E-state index in [-0.39, 0.29) is 30.6 Å². The van der Waals surface area contributed by atoms with E-state index in [1.165, 1.54) is 25.1 Å². The highest BCUT2D eigenvalue weighted by atomic mass is 16.6. The van der Waals surface area contributed by atoms with E-state index in [0.29, 0.717) is 28.2 Å². The Labute approximate surface area is 193 Å². The number of urea groups is 1. The third kappa shape index (κ3) is 5.44. The number of carbonyl (C=O) groups excluding carboxylic acids is 3. The number of aliphatic imine (C=N–C) groups is 1. The molecule has 0 radical (unpaired) electrons. The summed E-state index contributed by atoms with van der Waals surface area (Å²) in [7, 11) is 1.51. The molecule has 0 aromatic heterocycles. The van der Waals surface area contributed by atoms with Gasteiger partial charge in [0, 0.05) is 44.1 Å². The highest BCUT2D eigenvalue weighted by molar-refractivity contribution is 6.15. The predicted molar refractivity (Wildman–Crippen MR) is 130 cm³/mol. The molecule has 0 unspecified atom stereocenters. The molecular weight excluding hydrogens is 424 g/mol. The molecule has 4 N–H and O–H groups in total. The monoisotopic (exact) mass is 456 g/mol. The van der Waals surface area contributed by atoms with E-state index >= 15 is 0 Å². The minimum Gasteiger partial charge on any atom is -0.446 e. The zero-order valence-corrected chi connectivity index (χ0v) is 19.7. The summed E-state index contributed by atoms with van der Waals surface area (Å²) < 4.78 is 5.45. The Morgan fingerprint density at radius 2 is 1.94 bits per heavy atom. The van der Waals surface area contributed by atoms with Crippen LogP contribution in [0.5, 0.6) is 0 Å². The van der Waals surface area contributed by atoms with E-state index in [1.807, 2.05) is 6.92 Å². The van der Waals surface area contributed by atoms with Gasteiger partial charge in [0.2, 0.25) is 5.91 Å². The molecule has 4 amide bonds. The van der Waals surface area contributed by atoms with E-state index in [9.17, 15) is 14.4 Å². The largest absolute Gasteiger partial charge is 0.446 e. The summed E-state index contributed by atoms with van der Waals surface area (Å²) in [5.74, 6) is -0.177. The highest BCUT2D eigenvalue weighted by Crippen LogP contribution is 2.42. The number of nitrogens with zero attached hydrogens (tertiary/aromatic N) is 3. The normalized spacial score (nSPS) is 18.4. The molecule has 1 aromatic carbocycles. The average Bonchev–Trinajstić information content (AvgIpc) is 3.57. The topological polar surface area (TPSA) is 129 Å². The van der Waals surface area contributed by atoms with Gasteiger partial charge >= 0.3 is 12.1 Å². The van der Waals surface area contributed by atoms with Crippen molar-refractivity contribution in [3.05, 3.63) is 23.9 Å². The number of nitrogens with two attached hydrogens (primary N) is 1. The molecule has 178 valence electrons. The van der Waals surface area contributed by atoms with E-state index < -0.39 is 12.1 Å². The van der Waals surface area contributed by atoms with Crippen LogP contribution in [-0.2, 0) is 9.53 Å². The van der Waals surface area contributed by atoms with Gasteiger partial charge in [0.15, 0.2) is 0 Å². The first kappa shape index (κ1) is 24.1. The van der Waals surface area contributed by atoms with Crippen LogP contribution in [0.3, 0.4) is 0 Å². The number of nitrogens with one attached hydrogen (secondary N) is 2. The number of hydrogen-bond acceptors (Lipinski definition) is 6. The first-order valence-electron chi connectivity index (χ1n) is 11.1. The van der Waals surface area contributed by atoms with Gasteiger partial charge in [0.1, 0.15) is 0 Å². The van der Waals surface area contributed by atoms with Crippen LogP contribution in [0.2, 0.25) is 0 Å². The zero-order valence-electron chi connectivity index (χ0n) is 19.7. The average molecular weight is 457 g/mol. The highest BCUT2D eigenvalue weighted by Gasteiger charge is 2.36. The molecule has 1 saturated carbocycles. The quantitative estimate of drug-likeness (QED) is 0.587. The molecule has 0 spiro atoms. The second kappa shape index (κ2) is 9.93. The van der Waals surface area contributed by atoms with Crippen LogP contribution in [0.4, 0.5) is 26.7 Å². The van der Waals surface area contributed by atoms with Crippen molar-refractivity contribution < 1.29 is 19.1 Å². The molecular formula is C23H32N6O4. The Kier molecular flexibility index (Phi) is 7.25. The molecule has 0 saturated heterocycles. The van der Waals surface area contributed by atoms with E-state index in [4.69, 9.17) is 10.5 Å². The van der Waals surface area contributed by atoms with Crippen molar-refractivity contribution in [2.24, 2.45) is 10.7 Å². The van der Waals surface area contributed by atoms with Gasteiger partial charge in [-0.05, 0) is 45.7 Å². The van der Waals surface area contributed by atoms with Crippen LogP contribution in [0, 0.1) is 0 Å². The van der Waals surface area contributed by atoms with Gasteiger partial charge < -0.3 is 26.0 Å². The Morgan fingerprint density at radius 1 is 1.24 bits per heavy atom. The summed E-state index contributed by atoms with van der Waals surface area (Å²) in [6.07, 6.45) is 4.34. The van der Waals surface area contributed by atoms with E-state index in [2.05, 4.69) is 15.6 Å². The molecule has 33 heavy (non-hydrogen) atoms. The molecule has 10 heteroatoms. The molecule has 2 aliphatic rings. The van der Waals surface area contributed by atoms with Gasteiger partial charge in [0.25, 0.3) is 0 Å². The van der Waals surface area contributed by atoms with Crippen molar-refractivity contribution in [2.75, 3.05) is 28.7 Å². The second-order valence-electron chi connectivity index (χ2n) is 8.50. The molecule has 0 bridgehead atoms. The van der Waals surface area contributed by atoms with Crippen LogP contribution in [-0.4, -0.2) is 56.0 Å². The first-order chi connectivity index (χ1) is 15.7. The Hall–Kier alpha value is -3.56. The number of benzene rings is 1. The second-order valence-corrected chi connectivity index (χ2v) is 8.50. The lowest BCUT2D eigenvalue weighted by Crippen LogP contribution is -2.52. The molecule has 1 aliphatic heterocycles. The summed E-state index contributed by atoms with van der Waals surface area (Å²) in [6.45, 7) is 7.14. The molecule has 1 heterocycles. The van der Waals surface area contributed by atoms with Crippen molar-refractivity contribution in [3.63, 3.8) is 0 Å². The van der Waals surface area contributed by atoms with E-state index in [1.54, 1.807) is 37.1 Å². The summed E-state index contributed by atoms with van der Waals surface area (Å²) in [6, 6.07) is 2.97. The molecule has 3 rings (SSSR count). The van der Waals surface area contributed by atoms with Gasteiger partial charge in [-0.15, -0.1) is 0 Å². The molecule has 1 aliphatic carbocycles. The van der Waals surface area contributed by atoms with Crippen LogP contribution in [0.15, 0.2) is 23.3 Å². The van der Waals surface area contributed by atoms with E-state index in [0.717, 1.165) is 12.8 Å². The predicted octanol–water partition coefficient (Wildman–Crippen LogP) is 3.08. The standard InChI is InChI=1S/C23H32N6O4/c1-13(2)33-23(32)28-12-14(3)29(15(4)30)21-9-19(27-22(31)25-5)18(8-20(21)28)16(10-24)11-26-17-6-7-17/h8-11,13-14,17H,6-7,12,24H2,1-5H3,(H2,25,27,31)/t14-/m0/s1. The molecule has 1 fully saturated rings. The van der Waals surface area contributed by atoms with Gasteiger partial charge in [-0.1, -0.05) is 0 Å². The maximum Gasteiger partial charge on any atom is 0.414 e. The number of hydrogen-bond donors (Lipinski definition) is 3. The SMILES string of the molecule is CNC(=O)Nc1cc2c(cc1C(C=NC1CC1)=CN)N(C(=O)OC(C)C)C[C@H](C)N2C(C)=O. The van der Waals surface area contributed by atoms with Crippen LogP contribution >= 0.6 is 0 Å². The zero-order chi connectivity index (χ0) is 24.3. The lowest BCUT2D eigenvalue weighted by molar-refractivity contribution is -0.117. The number of rotatable bonds is 5. The Balaban J connectivity index is 2.19. The lowest BCUT2D eigenvalue weighted by Gasteiger charge is -2.41. The minimum absolute atomic E-state index is 0.177. The number of carbonyl (C=O) groups is 3. The minimum atomic E-state index is -0.510. The molecule has 1 aromatic rings. The fraction of sp³-hybridized carbons (Fsp3) is 0.478. The van der Waals surface area contributed by atoms with Crippen LogP contribution in [0.25, 0.3) is 5.57 Å². The smallest absolute Gasteiger partial charge is 0.414 e. The summed E-state index contributed by atoms with van der Waals surface area (Å²) in [4.78, 5) is 45.3. The van der Waals surface area contributed by atoms with Crippen LogP contribution in [0.1, 0.15) is 46.1 Å². The lowest BCUT2D eigenvalue weighted by atomic mass is 9.99. The molecule has 1 atom stereocenters. The fourth-order valence-corrected chi connectivity index (χ4v) is 3.72. The Morgan fingerprint density at radius 3 is 2.48 bits per heavy atom. The van der Waals surface area contributed by atoms with Crippen molar-refractivity contribution >= 4 is 46.9 Å². The number of fused-ring (bicyclic) bond motifs is 1. The number of amides is 4. The van der Waals surface area contributed by atoms with Crippen molar-refractivity contribution in [1.82, 2.24) is 5.32 Å². The van der Waals surface area contributed by atoms with Gasteiger partial charge in [-0.2, -0.15) is 0 Å². The van der Waals surface area contributed by atoms with Crippen molar-refractivity contribution in [2.45, 2.75) is 58.7 Å². The maximum absolute atomic E-state index is 12.9. The summed E-state index contributed by atoms with van der Waals surface area (Å²) >= 11 is 0. The van der Waals surface area contributed by atoms with Gasteiger partial charge in [0.05, 0.1) is 35.2 Å². The number of anilines is 3.